The molecule has 0 saturated carbocycles. The summed E-state index contributed by atoms with van der Waals surface area (Å²) in [5, 5.41) is 10.5. The molecule has 0 aromatic heterocycles. The van der Waals surface area contributed by atoms with E-state index in [4.69, 9.17) is 0 Å². The molecule has 0 unspecified atom stereocenters. The van der Waals surface area contributed by atoms with Crippen LogP contribution in [-0.4, -0.2) is 19.0 Å². The zero-order valence-electron chi connectivity index (χ0n) is 7.62. The van der Waals surface area contributed by atoms with Gasteiger partial charge in [0, 0.05) is 26.2 Å². The Morgan fingerprint density at radius 1 is 1.36 bits per heavy atom. The smallest absolute Gasteiger partial charge is 0.328 e. The molecule has 1 aromatic carbocycles. The van der Waals surface area contributed by atoms with E-state index in [0.29, 0.717) is 6.07 Å². The van der Waals surface area contributed by atoms with E-state index in [-0.39, 0.29) is 5.69 Å². The van der Waals surface area contributed by atoms with Gasteiger partial charge in [0.15, 0.2) is 0 Å². The van der Waals surface area contributed by atoms with E-state index in [1.54, 1.807) is 0 Å². The fourth-order valence-electron chi connectivity index (χ4n) is 1.07. The Kier molecular flexibility index (Phi) is 2.64. The summed E-state index contributed by atoms with van der Waals surface area (Å²) in [7, 11) is 2.95. The molecule has 1 rings (SSSR count). The van der Waals surface area contributed by atoms with Crippen molar-refractivity contribution in [1.82, 2.24) is 0 Å². The SMILES string of the molecule is CN(C)c1cc(F)cc(F)c1[N+](=O)[O-]. The maximum atomic E-state index is 13.0. The summed E-state index contributed by atoms with van der Waals surface area (Å²) >= 11 is 0. The van der Waals surface area contributed by atoms with Gasteiger partial charge in [0.1, 0.15) is 11.5 Å². The van der Waals surface area contributed by atoms with E-state index in [0.717, 1.165) is 6.07 Å². The van der Waals surface area contributed by atoms with Gasteiger partial charge < -0.3 is 4.90 Å². The second-order valence-electron chi connectivity index (χ2n) is 2.91. The molecule has 0 aliphatic carbocycles. The second-order valence-corrected chi connectivity index (χ2v) is 2.91. The number of rotatable bonds is 2. The predicted molar refractivity (Wildman–Crippen MR) is 47.3 cm³/mol. The molecule has 0 fully saturated rings. The third kappa shape index (κ3) is 1.78. The van der Waals surface area contributed by atoms with Crippen LogP contribution in [-0.2, 0) is 0 Å². The van der Waals surface area contributed by atoms with Gasteiger partial charge in [-0.25, -0.2) is 4.39 Å². The summed E-state index contributed by atoms with van der Waals surface area (Å²) in [6, 6.07) is 1.41. The van der Waals surface area contributed by atoms with Crippen LogP contribution in [0.1, 0.15) is 0 Å². The molecule has 4 nitrogen and oxygen atoms in total. The Hall–Kier alpha value is -1.72. The van der Waals surface area contributed by atoms with Gasteiger partial charge in [-0.3, -0.25) is 10.1 Å². The van der Waals surface area contributed by atoms with Crippen LogP contribution in [0.15, 0.2) is 12.1 Å². The number of halogens is 2. The third-order valence-corrected chi connectivity index (χ3v) is 1.67. The van der Waals surface area contributed by atoms with Crippen LogP contribution in [0.4, 0.5) is 20.2 Å². The number of nitrogens with zero attached hydrogens (tertiary/aromatic N) is 2. The summed E-state index contributed by atoms with van der Waals surface area (Å²) in [6.07, 6.45) is 0. The lowest BCUT2D eigenvalue weighted by molar-refractivity contribution is -0.386. The fourth-order valence-corrected chi connectivity index (χ4v) is 1.07. The second kappa shape index (κ2) is 3.57. The molecule has 0 amide bonds. The molecule has 0 atom stereocenters. The van der Waals surface area contributed by atoms with Crippen LogP contribution < -0.4 is 4.90 Å². The monoisotopic (exact) mass is 202 g/mol. The standard InChI is InChI=1S/C8H8F2N2O2/c1-11(2)7-4-5(9)3-6(10)8(7)12(13)14/h3-4H,1-2H3. The van der Waals surface area contributed by atoms with Crippen molar-refractivity contribution < 1.29 is 13.7 Å². The number of benzene rings is 1. The van der Waals surface area contributed by atoms with Crippen LogP contribution in [0.2, 0.25) is 0 Å². The van der Waals surface area contributed by atoms with E-state index in [9.17, 15) is 18.9 Å². The zero-order chi connectivity index (χ0) is 10.9. The maximum Gasteiger partial charge on any atom is 0.328 e. The van der Waals surface area contributed by atoms with Crippen molar-refractivity contribution in [2.75, 3.05) is 19.0 Å². The first-order chi connectivity index (χ1) is 6.43. The highest BCUT2D eigenvalue weighted by atomic mass is 19.1. The van der Waals surface area contributed by atoms with Crippen molar-refractivity contribution in [3.8, 4) is 0 Å². The molecule has 0 N–H and O–H groups in total. The molecule has 6 heteroatoms. The highest BCUT2D eigenvalue weighted by molar-refractivity contribution is 5.63. The van der Waals surface area contributed by atoms with Gasteiger partial charge in [-0.2, -0.15) is 4.39 Å². The highest BCUT2D eigenvalue weighted by Crippen LogP contribution is 2.30. The molecule has 14 heavy (non-hydrogen) atoms. The van der Waals surface area contributed by atoms with E-state index in [2.05, 4.69) is 0 Å². The summed E-state index contributed by atoms with van der Waals surface area (Å²) in [4.78, 5) is 10.9. The molecule has 0 aliphatic rings. The lowest BCUT2D eigenvalue weighted by atomic mass is 10.2. The molecular formula is C8H8F2N2O2. The number of nitro benzene ring substituents is 1. The molecule has 0 radical (unpaired) electrons. The summed E-state index contributed by atoms with van der Waals surface area (Å²) in [5.74, 6) is -2.00. The Labute approximate surface area is 78.9 Å². The van der Waals surface area contributed by atoms with Crippen molar-refractivity contribution in [3.05, 3.63) is 33.9 Å². The lowest BCUT2D eigenvalue weighted by Gasteiger charge is -2.12. The molecule has 0 bridgehead atoms. The first-order valence-electron chi connectivity index (χ1n) is 3.74. The largest absolute Gasteiger partial charge is 0.372 e. The van der Waals surface area contributed by atoms with Crippen molar-refractivity contribution in [2.45, 2.75) is 0 Å². The Balaban J connectivity index is 3.44. The predicted octanol–water partition coefficient (Wildman–Crippen LogP) is 1.94. The number of nitro groups is 1. The minimum atomic E-state index is -1.17. The van der Waals surface area contributed by atoms with Crippen LogP contribution in [0.5, 0.6) is 0 Å². The zero-order valence-corrected chi connectivity index (χ0v) is 7.62. The fraction of sp³-hybridized carbons (Fsp3) is 0.250. The lowest BCUT2D eigenvalue weighted by Crippen LogP contribution is -2.12. The molecule has 0 spiro atoms. The van der Waals surface area contributed by atoms with E-state index in [1.807, 2.05) is 0 Å². The molecule has 0 heterocycles. The van der Waals surface area contributed by atoms with Crippen molar-refractivity contribution in [3.63, 3.8) is 0 Å². The Morgan fingerprint density at radius 2 is 1.93 bits per heavy atom. The number of anilines is 1. The van der Waals surface area contributed by atoms with Crippen LogP contribution in [0, 0.1) is 21.7 Å². The van der Waals surface area contributed by atoms with E-state index < -0.39 is 22.2 Å². The summed E-state index contributed by atoms with van der Waals surface area (Å²) in [6.45, 7) is 0. The first kappa shape index (κ1) is 10.4. The Bertz CT molecular complexity index is 380. The third-order valence-electron chi connectivity index (χ3n) is 1.67. The van der Waals surface area contributed by atoms with Gasteiger partial charge in [0.25, 0.3) is 0 Å². The quantitative estimate of drug-likeness (QED) is 0.543. The average Bonchev–Trinajstić information content (AvgIpc) is 2.01. The van der Waals surface area contributed by atoms with Crippen LogP contribution in [0.3, 0.4) is 0 Å². The van der Waals surface area contributed by atoms with Gasteiger partial charge in [-0.1, -0.05) is 0 Å². The van der Waals surface area contributed by atoms with Gasteiger partial charge in [0.2, 0.25) is 5.82 Å². The molecular weight excluding hydrogens is 194 g/mol. The van der Waals surface area contributed by atoms with Gasteiger partial charge in [-0.15, -0.1) is 0 Å². The van der Waals surface area contributed by atoms with Crippen molar-refractivity contribution in [2.24, 2.45) is 0 Å². The average molecular weight is 202 g/mol. The molecule has 0 aliphatic heterocycles. The van der Waals surface area contributed by atoms with Crippen molar-refractivity contribution >= 4 is 11.4 Å². The normalized spacial score (nSPS) is 10.0. The van der Waals surface area contributed by atoms with Gasteiger partial charge in [0.05, 0.1) is 4.92 Å². The van der Waals surface area contributed by atoms with Crippen molar-refractivity contribution in [1.29, 1.82) is 0 Å². The Morgan fingerprint density at radius 3 is 2.36 bits per heavy atom. The molecule has 1 aromatic rings. The molecule has 76 valence electrons. The maximum absolute atomic E-state index is 13.0. The number of hydrogen-bond donors (Lipinski definition) is 0. The topological polar surface area (TPSA) is 46.4 Å². The minimum Gasteiger partial charge on any atom is -0.372 e. The van der Waals surface area contributed by atoms with Gasteiger partial charge >= 0.3 is 5.69 Å². The first-order valence-corrected chi connectivity index (χ1v) is 3.74. The van der Waals surface area contributed by atoms with Gasteiger partial charge in [-0.05, 0) is 0 Å². The van der Waals surface area contributed by atoms with E-state index >= 15 is 0 Å². The van der Waals surface area contributed by atoms with Crippen LogP contribution in [0.25, 0.3) is 0 Å². The summed E-state index contributed by atoms with van der Waals surface area (Å²) in [5.41, 5.74) is -0.802. The highest BCUT2D eigenvalue weighted by Gasteiger charge is 2.22. The summed E-state index contributed by atoms with van der Waals surface area (Å²) < 4.78 is 25.8. The molecule has 0 saturated heterocycles. The van der Waals surface area contributed by atoms with Crippen LogP contribution >= 0.6 is 0 Å². The minimum absolute atomic E-state index is 0.0903. The van der Waals surface area contributed by atoms with E-state index in [1.165, 1.54) is 19.0 Å². The number of hydrogen-bond acceptors (Lipinski definition) is 3.